The van der Waals surface area contributed by atoms with Crippen LogP contribution in [-0.4, -0.2) is 26.6 Å². The molecule has 0 atom stereocenters. The fourth-order valence-electron chi connectivity index (χ4n) is 1.94. The van der Waals surface area contributed by atoms with Crippen LogP contribution < -0.4 is 4.74 Å². The summed E-state index contributed by atoms with van der Waals surface area (Å²) in [7, 11) is 0. The molecule has 0 aliphatic carbocycles. The monoisotopic (exact) mass is 284 g/mol. The molecule has 0 bridgehead atoms. The molecule has 0 fully saturated rings. The highest BCUT2D eigenvalue weighted by Gasteiger charge is 2.07. The molecule has 6 heteroatoms. The Morgan fingerprint density at radius 2 is 2.14 bits per heavy atom. The van der Waals surface area contributed by atoms with Crippen molar-refractivity contribution in [1.29, 1.82) is 0 Å². The molecule has 0 saturated heterocycles. The smallest absolute Gasteiger partial charge is 0.212 e. The zero-order valence-electron chi connectivity index (χ0n) is 11.4. The van der Waals surface area contributed by atoms with Crippen LogP contribution in [0.2, 0.25) is 0 Å². The van der Waals surface area contributed by atoms with E-state index < -0.39 is 5.95 Å². The summed E-state index contributed by atoms with van der Waals surface area (Å²) >= 11 is 0. The summed E-state index contributed by atoms with van der Waals surface area (Å²) in [6.07, 6.45) is 3.17. The summed E-state index contributed by atoms with van der Waals surface area (Å²) in [5, 5.41) is 8.15. The summed E-state index contributed by atoms with van der Waals surface area (Å²) in [6.45, 7) is 2.54. The lowest BCUT2D eigenvalue weighted by atomic mass is 10.1. The van der Waals surface area contributed by atoms with Gasteiger partial charge in [-0.1, -0.05) is 17.3 Å². The van der Waals surface area contributed by atoms with Crippen LogP contribution >= 0.6 is 0 Å². The van der Waals surface area contributed by atoms with Gasteiger partial charge in [-0.3, -0.25) is 0 Å². The lowest BCUT2D eigenvalue weighted by Gasteiger charge is -2.03. The Bertz CT molecular complexity index is 739. The van der Waals surface area contributed by atoms with Gasteiger partial charge in [0.25, 0.3) is 0 Å². The number of hydrogen-bond donors (Lipinski definition) is 0. The van der Waals surface area contributed by atoms with Gasteiger partial charge in [-0.25, -0.2) is 9.67 Å². The van der Waals surface area contributed by atoms with E-state index in [1.165, 1.54) is 12.3 Å². The van der Waals surface area contributed by atoms with E-state index in [1.807, 2.05) is 31.2 Å². The Hall–Kier alpha value is -2.76. The maximum absolute atomic E-state index is 12.8. The minimum Gasteiger partial charge on any atom is -0.494 e. The quantitative estimate of drug-likeness (QED) is 0.691. The fourth-order valence-corrected chi connectivity index (χ4v) is 1.94. The van der Waals surface area contributed by atoms with Crippen LogP contribution in [0.3, 0.4) is 0 Å². The first-order valence-corrected chi connectivity index (χ1v) is 6.54. The third-order valence-electron chi connectivity index (χ3n) is 2.91. The number of benzene rings is 1. The molecule has 1 aromatic carbocycles. The second kappa shape index (κ2) is 5.70. The summed E-state index contributed by atoms with van der Waals surface area (Å²) < 4.78 is 19.8. The van der Waals surface area contributed by atoms with Gasteiger partial charge in [0.2, 0.25) is 5.95 Å². The van der Waals surface area contributed by atoms with E-state index in [1.54, 1.807) is 16.9 Å². The van der Waals surface area contributed by atoms with Crippen molar-refractivity contribution in [3.05, 3.63) is 54.7 Å². The van der Waals surface area contributed by atoms with Crippen LogP contribution in [0.5, 0.6) is 5.75 Å². The molecule has 5 nitrogen and oxygen atoms in total. The molecule has 21 heavy (non-hydrogen) atoms. The predicted octanol–water partition coefficient (Wildman–Crippen LogP) is 2.87. The van der Waals surface area contributed by atoms with E-state index >= 15 is 0 Å². The molecule has 0 radical (unpaired) electrons. The molecule has 0 unspecified atom stereocenters. The zero-order valence-corrected chi connectivity index (χ0v) is 11.4. The topological polar surface area (TPSA) is 52.8 Å². The minimum atomic E-state index is -0.525. The number of pyridine rings is 1. The van der Waals surface area contributed by atoms with E-state index in [0.717, 1.165) is 11.3 Å². The first-order valence-electron chi connectivity index (χ1n) is 6.54. The first kappa shape index (κ1) is 13.2. The summed E-state index contributed by atoms with van der Waals surface area (Å²) in [5.41, 5.74) is 2.26. The molecule has 0 aliphatic rings. The summed E-state index contributed by atoms with van der Waals surface area (Å²) in [6, 6.07) is 10.5. The predicted molar refractivity (Wildman–Crippen MR) is 75.7 cm³/mol. The van der Waals surface area contributed by atoms with E-state index in [2.05, 4.69) is 15.3 Å². The van der Waals surface area contributed by atoms with Gasteiger partial charge in [-0.05, 0) is 31.2 Å². The van der Waals surface area contributed by atoms with E-state index in [9.17, 15) is 4.39 Å². The number of rotatable bonds is 4. The molecule has 0 saturated carbocycles. The third kappa shape index (κ3) is 2.89. The van der Waals surface area contributed by atoms with Crippen molar-refractivity contribution in [2.75, 3.05) is 6.61 Å². The molecule has 0 amide bonds. The van der Waals surface area contributed by atoms with Crippen molar-refractivity contribution in [3.63, 3.8) is 0 Å². The van der Waals surface area contributed by atoms with Crippen LogP contribution in [0.4, 0.5) is 4.39 Å². The highest BCUT2D eigenvalue weighted by Crippen LogP contribution is 2.22. The zero-order chi connectivity index (χ0) is 14.7. The average Bonchev–Trinajstić information content (AvgIpc) is 2.98. The molecule has 0 aliphatic heterocycles. The van der Waals surface area contributed by atoms with Crippen molar-refractivity contribution >= 4 is 0 Å². The normalized spacial score (nSPS) is 10.6. The van der Waals surface area contributed by atoms with Crippen molar-refractivity contribution in [1.82, 2.24) is 20.0 Å². The summed E-state index contributed by atoms with van der Waals surface area (Å²) in [5.74, 6) is 0.261. The Kier molecular flexibility index (Phi) is 3.59. The van der Waals surface area contributed by atoms with Crippen molar-refractivity contribution < 1.29 is 9.13 Å². The van der Waals surface area contributed by atoms with Crippen LogP contribution in [0.25, 0.3) is 16.9 Å². The van der Waals surface area contributed by atoms with Gasteiger partial charge in [0.1, 0.15) is 11.4 Å². The maximum atomic E-state index is 12.8. The molecule has 2 aromatic heterocycles. The number of nitrogens with zero attached hydrogens (tertiary/aromatic N) is 4. The van der Waals surface area contributed by atoms with Gasteiger partial charge < -0.3 is 4.74 Å². The Morgan fingerprint density at radius 3 is 2.90 bits per heavy atom. The van der Waals surface area contributed by atoms with E-state index in [0.29, 0.717) is 18.0 Å². The number of aromatic nitrogens is 4. The molecule has 0 spiro atoms. The standard InChI is InChI=1S/C15H13FN4O/c1-2-21-13-5-3-4-11(8-13)14-10-20(19-18-14)12-6-7-15(16)17-9-12/h3-10H,2H2,1H3. The van der Waals surface area contributed by atoms with Gasteiger partial charge in [0.15, 0.2) is 0 Å². The van der Waals surface area contributed by atoms with E-state index in [4.69, 9.17) is 4.74 Å². The summed E-state index contributed by atoms with van der Waals surface area (Å²) in [4.78, 5) is 3.60. The van der Waals surface area contributed by atoms with Gasteiger partial charge >= 0.3 is 0 Å². The molecule has 106 valence electrons. The van der Waals surface area contributed by atoms with Gasteiger partial charge in [0.05, 0.1) is 24.7 Å². The molecule has 0 N–H and O–H groups in total. The van der Waals surface area contributed by atoms with Crippen LogP contribution in [0.15, 0.2) is 48.8 Å². The number of halogens is 1. The Balaban J connectivity index is 1.91. The Labute approximate surface area is 121 Å². The van der Waals surface area contributed by atoms with Crippen molar-refractivity contribution in [2.45, 2.75) is 6.92 Å². The van der Waals surface area contributed by atoms with Crippen molar-refractivity contribution in [2.24, 2.45) is 0 Å². The van der Waals surface area contributed by atoms with Crippen molar-refractivity contribution in [3.8, 4) is 22.7 Å². The molecule has 3 aromatic rings. The number of hydrogen-bond acceptors (Lipinski definition) is 4. The minimum absolute atomic E-state index is 0.525. The lowest BCUT2D eigenvalue weighted by molar-refractivity contribution is 0.340. The highest BCUT2D eigenvalue weighted by molar-refractivity contribution is 5.60. The van der Waals surface area contributed by atoms with Crippen LogP contribution in [-0.2, 0) is 0 Å². The maximum Gasteiger partial charge on any atom is 0.212 e. The largest absolute Gasteiger partial charge is 0.494 e. The van der Waals surface area contributed by atoms with Crippen LogP contribution in [0.1, 0.15) is 6.92 Å². The third-order valence-corrected chi connectivity index (χ3v) is 2.91. The molecular weight excluding hydrogens is 271 g/mol. The highest BCUT2D eigenvalue weighted by atomic mass is 19.1. The second-order valence-electron chi connectivity index (χ2n) is 4.35. The first-order chi connectivity index (χ1) is 10.3. The van der Waals surface area contributed by atoms with E-state index in [-0.39, 0.29) is 0 Å². The van der Waals surface area contributed by atoms with Crippen LogP contribution in [0, 0.1) is 5.95 Å². The molecule has 2 heterocycles. The average molecular weight is 284 g/mol. The Morgan fingerprint density at radius 1 is 1.24 bits per heavy atom. The van der Waals surface area contributed by atoms with Gasteiger partial charge in [-0.15, -0.1) is 5.10 Å². The molecule has 3 rings (SSSR count). The lowest BCUT2D eigenvalue weighted by Crippen LogP contribution is -1.96. The SMILES string of the molecule is CCOc1cccc(-c2cn(-c3ccc(F)nc3)nn2)c1. The van der Waals surface area contributed by atoms with Gasteiger partial charge in [-0.2, -0.15) is 4.39 Å². The van der Waals surface area contributed by atoms with Gasteiger partial charge in [0, 0.05) is 5.56 Å². The second-order valence-corrected chi connectivity index (χ2v) is 4.35. The fraction of sp³-hybridized carbons (Fsp3) is 0.133. The number of ether oxygens (including phenoxy) is 1. The molecular formula is C15H13FN4O.